The van der Waals surface area contributed by atoms with E-state index in [1.165, 1.54) is 25.0 Å². The molecule has 2 aromatic carbocycles. The van der Waals surface area contributed by atoms with Gasteiger partial charge < -0.3 is 10.2 Å². The molecular weight excluding hydrogens is 355 g/mol. The lowest BCUT2D eigenvalue weighted by Gasteiger charge is -2.23. The van der Waals surface area contributed by atoms with E-state index >= 15 is 0 Å². The van der Waals surface area contributed by atoms with Gasteiger partial charge in [-0.25, -0.2) is 4.39 Å². The van der Waals surface area contributed by atoms with E-state index in [0.29, 0.717) is 18.9 Å². The summed E-state index contributed by atoms with van der Waals surface area (Å²) in [5, 5.41) is 2.97. The molecule has 2 aliphatic carbocycles. The largest absolute Gasteiger partial charge is 0.356 e. The van der Waals surface area contributed by atoms with Crippen molar-refractivity contribution in [2.75, 3.05) is 11.4 Å². The molecular formula is C23H25FN2O2. The standard InChI is InChI=1S/C23H25FN2O2/c24-20-3-1-2-18(12-20)15-26(23(28)19-8-9-19)21-10-6-16(7-11-21)13-22(27)25-14-17-4-5-17/h1-3,6-7,10-12,17,19H,4-5,8-9,13-15H2,(H,25,27). The van der Waals surface area contributed by atoms with Gasteiger partial charge in [-0.1, -0.05) is 24.3 Å². The average molecular weight is 380 g/mol. The summed E-state index contributed by atoms with van der Waals surface area (Å²) in [5.74, 6) is 0.547. The molecule has 28 heavy (non-hydrogen) atoms. The Bertz CT molecular complexity index is 857. The smallest absolute Gasteiger partial charge is 0.230 e. The predicted molar refractivity (Wildman–Crippen MR) is 106 cm³/mol. The van der Waals surface area contributed by atoms with Crippen molar-refractivity contribution in [1.82, 2.24) is 5.32 Å². The molecule has 0 spiro atoms. The number of anilines is 1. The number of nitrogens with one attached hydrogen (secondary N) is 1. The summed E-state index contributed by atoms with van der Waals surface area (Å²) in [7, 11) is 0. The monoisotopic (exact) mass is 380 g/mol. The second-order valence-corrected chi connectivity index (χ2v) is 7.92. The molecule has 146 valence electrons. The number of hydrogen-bond acceptors (Lipinski definition) is 2. The van der Waals surface area contributed by atoms with Gasteiger partial charge in [-0.05, 0) is 67.0 Å². The zero-order valence-electron chi connectivity index (χ0n) is 15.9. The number of benzene rings is 2. The van der Waals surface area contributed by atoms with Crippen LogP contribution in [0.15, 0.2) is 48.5 Å². The molecule has 0 bridgehead atoms. The van der Waals surface area contributed by atoms with Gasteiger partial charge in [0.25, 0.3) is 0 Å². The quantitative estimate of drug-likeness (QED) is 0.757. The topological polar surface area (TPSA) is 49.4 Å². The Labute approximate surface area is 164 Å². The van der Waals surface area contributed by atoms with Gasteiger partial charge in [0.05, 0.1) is 13.0 Å². The van der Waals surface area contributed by atoms with Crippen LogP contribution >= 0.6 is 0 Å². The van der Waals surface area contributed by atoms with Crippen molar-refractivity contribution in [3.63, 3.8) is 0 Å². The maximum Gasteiger partial charge on any atom is 0.230 e. The summed E-state index contributed by atoms with van der Waals surface area (Å²) >= 11 is 0. The van der Waals surface area contributed by atoms with Gasteiger partial charge in [-0.3, -0.25) is 9.59 Å². The normalized spacial score (nSPS) is 15.9. The highest BCUT2D eigenvalue weighted by molar-refractivity contribution is 5.96. The molecule has 0 atom stereocenters. The molecule has 2 aliphatic rings. The van der Waals surface area contributed by atoms with Gasteiger partial charge in [-0.15, -0.1) is 0 Å². The molecule has 4 nitrogen and oxygen atoms in total. The first-order chi connectivity index (χ1) is 13.6. The summed E-state index contributed by atoms with van der Waals surface area (Å²) in [6, 6.07) is 13.9. The number of rotatable bonds is 8. The first kappa shape index (κ1) is 18.7. The van der Waals surface area contributed by atoms with Gasteiger partial charge in [0.1, 0.15) is 5.82 Å². The molecule has 0 heterocycles. The average Bonchev–Trinajstić information content (AvgIpc) is 3.58. The number of carbonyl (C=O) groups excluding carboxylic acids is 2. The van der Waals surface area contributed by atoms with Crippen molar-refractivity contribution < 1.29 is 14.0 Å². The molecule has 5 heteroatoms. The SMILES string of the molecule is O=C(Cc1ccc(N(Cc2cccc(F)c2)C(=O)C2CC2)cc1)NCC1CC1. The molecule has 0 radical (unpaired) electrons. The number of hydrogen-bond donors (Lipinski definition) is 1. The molecule has 1 N–H and O–H groups in total. The van der Waals surface area contributed by atoms with E-state index in [-0.39, 0.29) is 23.5 Å². The molecule has 0 unspecified atom stereocenters. The van der Waals surface area contributed by atoms with Gasteiger partial charge in [0, 0.05) is 18.2 Å². The van der Waals surface area contributed by atoms with E-state index in [0.717, 1.165) is 36.2 Å². The summed E-state index contributed by atoms with van der Waals surface area (Å²) in [6.45, 7) is 1.11. The van der Waals surface area contributed by atoms with Gasteiger partial charge >= 0.3 is 0 Å². The third-order valence-electron chi connectivity index (χ3n) is 5.32. The van der Waals surface area contributed by atoms with Gasteiger partial charge in [-0.2, -0.15) is 0 Å². The van der Waals surface area contributed by atoms with Crippen molar-refractivity contribution in [1.29, 1.82) is 0 Å². The van der Waals surface area contributed by atoms with Crippen LogP contribution in [0.2, 0.25) is 0 Å². The molecule has 2 fully saturated rings. The maximum atomic E-state index is 13.5. The molecule has 0 saturated heterocycles. The molecule has 0 aliphatic heterocycles. The van der Waals surface area contributed by atoms with Crippen LogP contribution in [0.3, 0.4) is 0 Å². The Morgan fingerprint density at radius 1 is 1.00 bits per heavy atom. The maximum absolute atomic E-state index is 13.5. The molecule has 2 amide bonds. The van der Waals surface area contributed by atoms with Crippen molar-refractivity contribution in [3.05, 3.63) is 65.5 Å². The van der Waals surface area contributed by atoms with Crippen molar-refractivity contribution in [2.45, 2.75) is 38.6 Å². The predicted octanol–water partition coefficient (Wildman–Crippen LogP) is 3.84. The number of nitrogens with zero attached hydrogens (tertiary/aromatic N) is 1. The fraction of sp³-hybridized carbons (Fsp3) is 0.391. The van der Waals surface area contributed by atoms with Crippen molar-refractivity contribution in [2.24, 2.45) is 11.8 Å². The second kappa shape index (κ2) is 8.13. The van der Waals surface area contributed by atoms with E-state index < -0.39 is 0 Å². The minimum atomic E-state index is -0.302. The first-order valence-corrected chi connectivity index (χ1v) is 10.00. The van der Waals surface area contributed by atoms with Crippen LogP contribution in [0.4, 0.5) is 10.1 Å². The van der Waals surface area contributed by atoms with E-state index in [1.54, 1.807) is 11.0 Å². The Morgan fingerprint density at radius 2 is 1.75 bits per heavy atom. The lowest BCUT2D eigenvalue weighted by Crippen LogP contribution is -2.31. The minimum absolute atomic E-state index is 0.0327. The highest BCUT2D eigenvalue weighted by Crippen LogP contribution is 2.33. The highest BCUT2D eigenvalue weighted by atomic mass is 19.1. The highest BCUT2D eigenvalue weighted by Gasteiger charge is 2.34. The lowest BCUT2D eigenvalue weighted by molar-refractivity contribution is -0.121. The number of carbonyl (C=O) groups is 2. The Balaban J connectivity index is 1.44. The summed E-state index contributed by atoms with van der Waals surface area (Å²) in [6.07, 6.45) is 4.60. The molecule has 2 saturated carbocycles. The van der Waals surface area contributed by atoms with Gasteiger partial charge in [0.15, 0.2) is 0 Å². The van der Waals surface area contributed by atoms with Crippen molar-refractivity contribution in [3.8, 4) is 0 Å². The minimum Gasteiger partial charge on any atom is -0.356 e. The van der Waals surface area contributed by atoms with Crippen LogP contribution in [0.1, 0.15) is 36.8 Å². The fourth-order valence-corrected chi connectivity index (χ4v) is 3.29. The van der Waals surface area contributed by atoms with Gasteiger partial charge in [0.2, 0.25) is 11.8 Å². The third kappa shape index (κ3) is 4.97. The van der Waals surface area contributed by atoms with Crippen LogP contribution in [0.25, 0.3) is 0 Å². The number of halogens is 1. The summed E-state index contributed by atoms with van der Waals surface area (Å²) < 4.78 is 13.5. The van der Waals surface area contributed by atoms with E-state index in [9.17, 15) is 14.0 Å². The van der Waals surface area contributed by atoms with E-state index in [4.69, 9.17) is 0 Å². The van der Waals surface area contributed by atoms with Crippen LogP contribution in [0.5, 0.6) is 0 Å². The summed E-state index contributed by atoms with van der Waals surface area (Å²) in [4.78, 5) is 26.5. The Morgan fingerprint density at radius 3 is 2.39 bits per heavy atom. The summed E-state index contributed by atoms with van der Waals surface area (Å²) in [5.41, 5.74) is 2.46. The van der Waals surface area contributed by atoms with Crippen molar-refractivity contribution >= 4 is 17.5 Å². The van der Waals surface area contributed by atoms with Crippen LogP contribution < -0.4 is 10.2 Å². The zero-order chi connectivity index (χ0) is 19.5. The third-order valence-corrected chi connectivity index (χ3v) is 5.32. The van der Waals surface area contributed by atoms with Crippen LogP contribution in [-0.4, -0.2) is 18.4 Å². The van der Waals surface area contributed by atoms with E-state index in [1.807, 2.05) is 30.3 Å². The molecule has 2 aromatic rings. The fourth-order valence-electron chi connectivity index (χ4n) is 3.29. The number of amides is 2. The molecule has 0 aromatic heterocycles. The van der Waals surface area contributed by atoms with E-state index in [2.05, 4.69) is 5.32 Å². The van der Waals surface area contributed by atoms with Crippen LogP contribution in [0, 0.1) is 17.7 Å². The Hall–Kier alpha value is -2.69. The second-order valence-electron chi connectivity index (χ2n) is 7.92. The lowest BCUT2D eigenvalue weighted by atomic mass is 10.1. The first-order valence-electron chi connectivity index (χ1n) is 10.00. The molecule has 4 rings (SSSR count). The van der Waals surface area contributed by atoms with Crippen LogP contribution in [-0.2, 0) is 22.6 Å². The zero-order valence-corrected chi connectivity index (χ0v) is 15.9. The Kier molecular flexibility index (Phi) is 5.42.